The van der Waals surface area contributed by atoms with Gasteiger partial charge in [0.15, 0.2) is 0 Å². The Hall–Kier alpha value is -3.26. The van der Waals surface area contributed by atoms with Gasteiger partial charge in [-0.25, -0.2) is 14.8 Å². The van der Waals surface area contributed by atoms with E-state index in [2.05, 4.69) is 9.97 Å². The summed E-state index contributed by atoms with van der Waals surface area (Å²) >= 11 is 1.53. The van der Waals surface area contributed by atoms with Crippen LogP contribution in [0.3, 0.4) is 0 Å². The number of esters is 1. The van der Waals surface area contributed by atoms with Crippen LogP contribution in [0.4, 0.5) is 0 Å². The van der Waals surface area contributed by atoms with Gasteiger partial charge in [0.1, 0.15) is 12.6 Å². The Bertz CT molecular complexity index is 1150. The zero-order chi connectivity index (χ0) is 22.0. The van der Waals surface area contributed by atoms with Crippen LogP contribution in [0.2, 0.25) is 0 Å². The monoisotopic (exact) mass is 435 g/mol. The first-order valence-corrected chi connectivity index (χ1v) is 11.3. The van der Waals surface area contributed by atoms with Gasteiger partial charge in [-0.3, -0.25) is 14.5 Å². The number of imide groups is 1. The summed E-state index contributed by atoms with van der Waals surface area (Å²) in [6.45, 7) is 1.72. The van der Waals surface area contributed by atoms with Crippen LogP contribution < -0.4 is 0 Å². The fraction of sp³-hybridized carbons (Fsp3) is 0.261. The van der Waals surface area contributed by atoms with Crippen LogP contribution in [0, 0.1) is 6.92 Å². The molecule has 7 nitrogen and oxygen atoms in total. The van der Waals surface area contributed by atoms with Gasteiger partial charge in [0.2, 0.25) is 0 Å². The van der Waals surface area contributed by atoms with E-state index in [1.54, 1.807) is 31.2 Å². The van der Waals surface area contributed by atoms with Gasteiger partial charge in [0.05, 0.1) is 33.5 Å². The number of nitrogens with zero attached hydrogens (tertiary/aromatic N) is 3. The highest BCUT2D eigenvalue weighted by Crippen LogP contribution is 2.27. The molecular formula is C23H21N3O4S. The number of aryl methyl sites for hydroxylation is 1. The minimum atomic E-state index is -0.992. The van der Waals surface area contributed by atoms with E-state index >= 15 is 0 Å². The summed E-state index contributed by atoms with van der Waals surface area (Å²) in [5.74, 6) is -0.962. The number of carbonyl (C=O) groups is 3. The van der Waals surface area contributed by atoms with Gasteiger partial charge in [-0.15, -0.1) is 0 Å². The maximum atomic E-state index is 13.0. The van der Waals surface area contributed by atoms with Crippen LogP contribution in [0.1, 0.15) is 38.5 Å². The van der Waals surface area contributed by atoms with Crippen molar-refractivity contribution in [2.75, 3.05) is 12.0 Å². The van der Waals surface area contributed by atoms with E-state index < -0.39 is 23.8 Å². The fourth-order valence-electron chi connectivity index (χ4n) is 3.57. The quantitative estimate of drug-likeness (QED) is 0.415. The molecule has 158 valence electrons. The third-order valence-electron chi connectivity index (χ3n) is 5.20. The highest BCUT2D eigenvalue weighted by atomic mass is 32.2. The van der Waals surface area contributed by atoms with Crippen LogP contribution >= 0.6 is 11.8 Å². The van der Waals surface area contributed by atoms with Gasteiger partial charge in [-0.05, 0) is 49.6 Å². The van der Waals surface area contributed by atoms with E-state index in [0.29, 0.717) is 40.2 Å². The summed E-state index contributed by atoms with van der Waals surface area (Å²) in [5, 5.41) is 0. The second-order valence-corrected chi connectivity index (χ2v) is 8.16. The number of hydrogen-bond acceptors (Lipinski definition) is 7. The van der Waals surface area contributed by atoms with Crippen molar-refractivity contribution in [3.05, 3.63) is 71.0 Å². The summed E-state index contributed by atoms with van der Waals surface area (Å²) in [5.41, 5.74) is 3.29. The Morgan fingerprint density at radius 1 is 1.00 bits per heavy atom. The molecule has 0 saturated heterocycles. The number of carbonyl (C=O) groups excluding carboxylic acids is 3. The molecule has 31 heavy (non-hydrogen) atoms. The van der Waals surface area contributed by atoms with Gasteiger partial charge >= 0.3 is 5.97 Å². The van der Waals surface area contributed by atoms with Crippen molar-refractivity contribution in [3.8, 4) is 0 Å². The molecule has 0 spiro atoms. The van der Waals surface area contributed by atoms with E-state index in [1.165, 1.54) is 11.8 Å². The zero-order valence-electron chi connectivity index (χ0n) is 17.2. The van der Waals surface area contributed by atoms with Crippen molar-refractivity contribution in [3.63, 3.8) is 0 Å². The predicted octanol–water partition coefficient (Wildman–Crippen LogP) is 3.40. The Morgan fingerprint density at radius 2 is 1.58 bits per heavy atom. The Morgan fingerprint density at radius 3 is 2.19 bits per heavy atom. The first kappa shape index (κ1) is 21.0. The standard InChI is InChI=1S/C23H21N3O4S/c1-14-19(25-18-10-6-5-9-17(18)24-14)13-30-23(29)20(11-12-31-2)26-21(27)15-7-3-4-8-16(15)22(26)28/h3-10,20H,11-13H2,1-2H3/t20-/m0/s1. The van der Waals surface area contributed by atoms with E-state index in [-0.39, 0.29) is 6.61 Å². The molecule has 2 aromatic carbocycles. The van der Waals surface area contributed by atoms with Gasteiger partial charge in [0.25, 0.3) is 11.8 Å². The minimum absolute atomic E-state index is 0.0819. The molecule has 0 unspecified atom stereocenters. The molecule has 1 atom stereocenters. The first-order valence-electron chi connectivity index (χ1n) is 9.86. The summed E-state index contributed by atoms with van der Waals surface area (Å²) in [6.07, 6.45) is 2.21. The van der Waals surface area contributed by atoms with E-state index in [4.69, 9.17) is 4.74 Å². The fourth-order valence-corrected chi connectivity index (χ4v) is 4.03. The molecule has 0 radical (unpaired) electrons. The Kier molecular flexibility index (Phi) is 5.99. The number of fused-ring (bicyclic) bond motifs is 2. The Labute approximate surface area is 183 Å². The number of amides is 2. The molecule has 1 aliphatic rings. The van der Waals surface area contributed by atoms with E-state index in [0.717, 1.165) is 10.4 Å². The molecule has 0 N–H and O–H groups in total. The molecule has 1 aliphatic heterocycles. The molecular weight excluding hydrogens is 414 g/mol. The van der Waals surface area contributed by atoms with Crippen molar-refractivity contribution in [1.29, 1.82) is 0 Å². The molecule has 0 bridgehead atoms. The molecule has 8 heteroatoms. The van der Waals surface area contributed by atoms with Gasteiger partial charge in [-0.2, -0.15) is 11.8 Å². The summed E-state index contributed by atoms with van der Waals surface area (Å²) in [6, 6.07) is 13.1. The van der Waals surface area contributed by atoms with Gasteiger partial charge in [-0.1, -0.05) is 24.3 Å². The molecule has 0 fully saturated rings. The topological polar surface area (TPSA) is 89.5 Å². The normalized spacial score (nSPS) is 14.1. The van der Waals surface area contributed by atoms with Crippen LogP contribution in [-0.4, -0.2) is 50.7 Å². The number of aromatic nitrogens is 2. The first-order chi connectivity index (χ1) is 15.0. The van der Waals surface area contributed by atoms with Crippen LogP contribution in [-0.2, 0) is 16.1 Å². The van der Waals surface area contributed by atoms with Crippen molar-refractivity contribution in [2.24, 2.45) is 0 Å². The number of ether oxygens (including phenoxy) is 1. The molecule has 3 aromatic rings. The number of rotatable bonds is 7. The Balaban J connectivity index is 1.55. The SMILES string of the molecule is CSCC[C@@H](C(=O)OCc1nc2ccccc2nc1C)N1C(=O)c2ccccc2C1=O. The number of benzene rings is 2. The third-order valence-corrected chi connectivity index (χ3v) is 5.84. The lowest BCUT2D eigenvalue weighted by Crippen LogP contribution is -2.46. The third kappa shape index (κ3) is 4.03. The molecule has 4 rings (SSSR count). The maximum Gasteiger partial charge on any atom is 0.329 e. The second-order valence-electron chi connectivity index (χ2n) is 7.18. The van der Waals surface area contributed by atoms with Crippen molar-refractivity contribution in [2.45, 2.75) is 26.0 Å². The highest BCUT2D eigenvalue weighted by Gasteiger charge is 2.43. The molecule has 1 aromatic heterocycles. The van der Waals surface area contributed by atoms with Crippen LogP contribution in [0.5, 0.6) is 0 Å². The molecule has 2 amide bonds. The van der Waals surface area contributed by atoms with Crippen molar-refractivity contribution >= 4 is 40.6 Å². The van der Waals surface area contributed by atoms with Crippen LogP contribution in [0.25, 0.3) is 11.0 Å². The zero-order valence-corrected chi connectivity index (χ0v) is 18.0. The minimum Gasteiger partial charge on any atom is -0.458 e. The van der Waals surface area contributed by atoms with Crippen molar-refractivity contribution < 1.29 is 19.1 Å². The molecule has 0 aliphatic carbocycles. The number of para-hydroxylation sites is 2. The largest absolute Gasteiger partial charge is 0.458 e. The van der Waals surface area contributed by atoms with Gasteiger partial charge in [0, 0.05) is 0 Å². The second kappa shape index (κ2) is 8.85. The summed E-state index contributed by atoms with van der Waals surface area (Å²) < 4.78 is 5.53. The smallest absolute Gasteiger partial charge is 0.329 e. The van der Waals surface area contributed by atoms with E-state index in [1.807, 2.05) is 30.5 Å². The average Bonchev–Trinajstić information content (AvgIpc) is 3.03. The number of hydrogen-bond donors (Lipinski definition) is 0. The summed E-state index contributed by atoms with van der Waals surface area (Å²) in [7, 11) is 0. The summed E-state index contributed by atoms with van der Waals surface area (Å²) in [4.78, 5) is 48.8. The average molecular weight is 436 g/mol. The van der Waals surface area contributed by atoms with E-state index in [9.17, 15) is 14.4 Å². The highest BCUT2D eigenvalue weighted by molar-refractivity contribution is 7.98. The maximum absolute atomic E-state index is 13.0. The lowest BCUT2D eigenvalue weighted by molar-refractivity contribution is -0.149. The van der Waals surface area contributed by atoms with Gasteiger partial charge < -0.3 is 4.74 Å². The number of thioether (sulfide) groups is 1. The lowest BCUT2D eigenvalue weighted by atomic mass is 10.1. The lowest BCUT2D eigenvalue weighted by Gasteiger charge is -2.24. The van der Waals surface area contributed by atoms with Crippen molar-refractivity contribution in [1.82, 2.24) is 14.9 Å². The predicted molar refractivity (Wildman–Crippen MR) is 118 cm³/mol. The van der Waals surface area contributed by atoms with Crippen LogP contribution in [0.15, 0.2) is 48.5 Å². The molecule has 2 heterocycles. The molecule has 0 saturated carbocycles.